The van der Waals surface area contributed by atoms with Crippen LogP contribution in [0.4, 0.5) is 0 Å². The van der Waals surface area contributed by atoms with Crippen LogP contribution in [0.2, 0.25) is 0 Å². The van der Waals surface area contributed by atoms with Gasteiger partial charge in [0.15, 0.2) is 30.9 Å². The minimum Gasteiger partial charge on any atom is -0.479 e. The topological polar surface area (TPSA) is 289 Å². The number of hydrogen-bond donors (Lipinski definition) is 11. The van der Waals surface area contributed by atoms with Crippen molar-refractivity contribution in [1.82, 2.24) is 0 Å². The van der Waals surface area contributed by atoms with Gasteiger partial charge in [-0.2, -0.15) is 0 Å². The second-order valence-corrected chi connectivity index (χ2v) is 12.7. The molecule has 0 amide bonds. The largest absolute Gasteiger partial charge is 0.479 e. The molecule has 0 spiro atoms. The highest BCUT2D eigenvalue weighted by atomic mass is 16.8. The Balaban J connectivity index is 1.41. The van der Waals surface area contributed by atoms with E-state index < -0.39 is 123 Å². The van der Waals surface area contributed by atoms with E-state index in [2.05, 4.69) is 0 Å². The molecule has 3 saturated heterocycles. The third-order valence-corrected chi connectivity index (χ3v) is 9.81. The van der Waals surface area contributed by atoms with E-state index in [0.29, 0.717) is 19.3 Å². The summed E-state index contributed by atoms with van der Waals surface area (Å²) in [5.41, 5.74) is 0. The highest BCUT2D eigenvalue weighted by Crippen LogP contribution is 2.42. The molecule has 0 bridgehead atoms. The number of ether oxygens (including phenoxy) is 5. The second kappa shape index (κ2) is 13.9. The highest BCUT2D eigenvalue weighted by molar-refractivity contribution is 5.73. The molecule has 9 unspecified atom stereocenters. The van der Waals surface area contributed by atoms with Crippen LogP contribution in [0.25, 0.3) is 0 Å². The molecular weight excluding hydrogens is 596 g/mol. The molecule has 0 radical (unpaired) electrons. The van der Waals surface area contributed by atoms with Gasteiger partial charge in [-0.25, -0.2) is 4.79 Å². The van der Waals surface area contributed by atoms with Gasteiger partial charge in [-0.15, -0.1) is 0 Å². The van der Waals surface area contributed by atoms with E-state index in [0.717, 1.165) is 0 Å². The normalized spacial score (nSPS) is 53.5. The Morgan fingerprint density at radius 3 is 2.11 bits per heavy atom. The summed E-state index contributed by atoms with van der Waals surface area (Å²) in [4.78, 5) is 11.6. The average Bonchev–Trinajstić information content (AvgIpc) is 2.97. The molecule has 19 atom stereocenters. The van der Waals surface area contributed by atoms with Crippen LogP contribution in [0.1, 0.15) is 38.5 Å². The molecular formula is C27H45O17+. The average molecular weight is 642 g/mol. The fourth-order valence-electron chi connectivity index (χ4n) is 7.31. The summed E-state index contributed by atoms with van der Waals surface area (Å²) in [6.45, 7) is -0.744. The molecule has 2 saturated carbocycles. The van der Waals surface area contributed by atoms with E-state index in [-0.39, 0.29) is 25.2 Å². The Labute approximate surface area is 252 Å². The van der Waals surface area contributed by atoms with E-state index in [1.54, 1.807) is 0 Å². The van der Waals surface area contributed by atoms with Crippen molar-refractivity contribution in [2.75, 3.05) is 6.61 Å². The maximum atomic E-state index is 11.6. The van der Waals surface area contributed by atoms with Gasteiger partial charge in [0, 0.05) is 18.8 Å². The third-order valence-electron chi connectivity index (χ3n) is 9.81. The predicted molar refractivity (Wildman–Crippen MR) is 140 cm³/mol. The van der Waals surface area contributed by atoms with Crippen LogP contribution in [-0.2, 0) is 23.7 Å². The molecule has 17 nitrogen and oxygen atoms in total. The van der Waals surface area contributed by atoms with E-state index in [9.17, 15) is 61.0 Å². The lowest BCUT2D eigenvalue weighted by molar-refractivity contribution is -0.385. The van der Waals surface area contributed by atoms with Crippen molar-refractivity contribution in [3.05, 3.63) is 0 Å². The van der Waals surface area contributed by atoms with Gasteiger partial charge in [-0.1, -0.05) is 0 Å². The molecule has 0 aromatic carbocycles. The van der Waals surface area contributed by atoms with Gasteiger partial charge in [0.2, 0.25) is 0 Å². The van der Waals surface area contributed by atoms with Gasteiger partial charge in [0.25, 0.3) is 0 Å². The standard InChI is InChI=1S/C27H44O17/c28-7-16-17(33)19(35)24(44-26-21(37)18(34)20(36)23(43-26)25(38)39)27(42-16)41-15-6-10-12(31)4-9(29)5-14(10)40-22(15)8-1-2-11(30)13(32)3-8/h8-24,26-37H,1-7H2,(H,38,39)/p+1/t8?,9?,10?,11?,12?,13?,14?,15?,16-,17+,18+,19+,20+,21-,22?,23+,24-,26+,27-/m1/s1. The molecule has 0 aromatic rings. The van der Waals surface area contributed by atoms with Crippen molar-refractivity contribution in [2.45, 2.75) is 143 Å². The Hall–Kier alpha value is -1.13. The smallest absolute Gasteiger partial charge is 0.335 e. The summed E-state index contributed by atoms with van der Waals surface area (Å²) < 4.78 is 27.9. The lowest BCUT2D eigenvalue weighted by Crippen LogP contribution is -2.66. The summed E-state index contributed by atoms with van der Waals surface area (Å²) in [5.74, 6) is -2.38. The molecule has 17 heteroatoms. The number of rotatable bonds is 7. The minimum absolute atomic E-state index is 0.126. The number of aliphatic hydroxyl groups excluding tert-OH is 10. The first-order valence-electron chi connectivity index (χ1n) is 15.1. The van der Waals surface area contributed by atoms with E-state index in [4.69, 9.17) is 23.7 Å². The second-order valence-electron chi connectivity index (χ2n) is 12.7. The zero-order chi connectivity index (χ0) is 32.0. The van der Waals surface area contributed by atoms with Crippen molar-refractivity contribution in [3.8, 4) is 0 Å². The third kappa shape index (κ3) is 6.78. The monoisotopic (exact) mass is 641 g/mol. The van der Waals surface area contributed by atoms with E-state index in [1.165, 1.54) is 0 Å². The quantitative estimate of drug-likeness (QED) is 0.116. The van der Waals surface area contributed by atoms with Crippen LogP contribution in [0, 0.1) is 11.8 Å². The first-order chi connectivity index (χ1) is 20.8. The number of hydrogen-bond acceptors (Lipinski definition) is 15. The van der Waals surface area contributed by atoms with Crippen LogP contribution in [0.15, 0.2) is 0 Å². The Morgan fingerprint density at radius 1 is 0.727 bits per heavy atom. The van der Waals surface area contributed by atoms with Gasteiger partial charge >= 0.3 is 5.97 Å². The number of carboxylic acid groups (broad SMARTS) is 1. The molecule has 3 heterocycles. The zero-order valence-electron chi connectivity index (χ0n) is 23.8. The van der Waals surface area contributed by atoms with Gasteiger partial charge in [-0.05, 0) is 25.7 Å². The van der Waals surface area contributed by atoms with Gasteiger partial charge in [0.05, 0.1) is 36.9 Å². The lowest BCUT2D eigenvalue weighted by atomic mass is 9.72. The summed E-state index contributed by atoms with van der Waals surface area (Å²) in [6.07, 6.45) is -22.1. The maximum Gasteiger partial charge on any atom is 0.335 e. The lowest BCUT2D eigenvalue weighted by Gasteiger charge is -2.49. The minimum atomic E-state index is -2.01. The van der Waals surface area contributed by atoms with E-state index in [1.807, 2.05) is 0 Å². The Morgan fingerprint density at radius 2 is 1.45 bits per heavy atom. The Bertz CT molecular complexity index is 973. The molecule has 254 valence electrons. The SMILES string of the molecule is O=C(O)[C@H]1O[C@@H](O[C@H]2[C@H](OC3CC4C(O)CC(O)CC4[OH+]C3C3CCC(O)C(O)C3)O[C@H](CO)[C@H](O)[C@@H]2O)[C@H](O)[C@@H](O)[C@@H]1O. The maximum absolute atomic E-state index is 11.6. The number of aliphatic carboxylic acids is 1. The van der Waals surface area contributed by atoms with Crippen molar-refractivity contribution in [1.29, 1.82) is 0 Å². The molecule has 5 aliphatic rings. The molecule has 5 fully saturated rings. The summed E-state index contributed by atoms with van der Waals surface area (Å²) >= 11 is 0. The first-order valence-corrected chi connectivity index (χ1v) is 15.1. The molecule has 5 rings (SSSR count). The number of carboxylic acids is 1. The highest BCUT2D eigenvalue weighted by Gasteiger charge is 2.56. The number of carbonyl (C=O) groups is 1. The Kier molecular flexibility index (Phi) is 10.8. The molecule has 2 aliphatic carbocycles. The zero-order valence-corrected chi connectivity index (χ0v) is 23.8. The van der Waals surface area contributed by atoms with Gasteiger partial charge in [-0.3, -0.25) is 0 Å². The summed E-state index contributed by atoms with van der Waals surface area (Å²) in [7, 11) is 0. The van der Waals surface area contributed by atoms with Crippen LogP contribution < -0.4 is 0 Å². The predicted octanol–water partition coefficient (Wildman–Crippen LogP) is -5.59. The number of aliphatic hydroxyl groups is 12. The van der Waals surface area contributed by atoms with Gasteiger partial charge < -0.3 is 79.9 Å². The van der Waals surface area contributed by atoms with Crippen molar-refractivity contribution >= 4 is 5.97 Å². The van der Waals surface area contributed by atoms with Crippen molar-refractivity contribution in [3.63, 3.8) is 0 Å². The van der Waals surface area contributed by atoms with Gasteiger partial charge in [0.1, 0.15) is 48.8 Å². The molecule has 0 aromatic heterocycles. The first kappa shape index (κ1) is 34.2. The van der Waals surface area contributed by atoms with Crippen LogP contribution in [0.5, 0.6) is 0 Å². The molecule has 3 aliphatic heterocycles. The van der Waals surface area contributed by atoms with Crippen LogP contribution in [0.3, 0.4) is 0 Å². The molecule has 12 N–H and O–H groups in total. The fraction of sp³-hybridized carbons (Fsp3) is 0.963. The fourth-order valence-corrected chi connectivity index (χ4v) is 7.31. The number of fused-ring (bicyclic) bond motifs is 1. The van der Waals surface area contributed by atoms with E-state index >= 15 is 0 Å². The van der Waals surface area contributed by atoms with Crippen LogP contribution in [-0.4, -0.2) is 178 Å². The van der Waals surface area contributed by atoms with Crippen LogP contribution >= 0.6 is 0 Å². The summed E-state index contributed by atoms with van der Waals surface area (Å²) in [6, 6.07) is 0. The summed E-state index contributed by atoms with van der Waals surface area (Å²) in [5, 5.41) is 113. The van der Waals surface area contributed by atoms with Crippen molar-refractivity contribution < 1.29 is 84.7 Å². The molecule has 44 heavy (non-hydrogen) atoms. The van der Waals surface area contributed by atoms with Crippen molar-refractivity contribution in [2.24, 2.45) is 11.8 Å².